The third-order valence-corrected chi connectivity index (χ3v) is 9.13. The summed E-state index contributed by atoms with van der Waals surface area (Å²) in [6.45, 7) is 7.01. The number of hydrogen-bond donors (Lipinski definition) is 0. The Morgan fingerprint density at radius 1 is 1.00 bits per heavy atom. The fourth-order valence-electron chi connectivity index (χ4n) is 6.92. The normalized spacial score (nSPS) is 24.3. The number of carbonyl (C=O) groups is 2. The molecule has 0 unspecified atom stereocenters. The molecule has 2 bridgehead atoms. The van der Waals surface area contributed by atoms with Crippen LogP contribution in [0.15, 0.2) is 54.6 Å². The number of ether oxygens (including phenoxy) is 3. The third-order valence-electron chi connectivity index (χ3n) is 9.13. The molecule has 3 heterocycles. The highest BCUT2D eigenvalue weighted by Gasteiger charge is 2.57. The van der Waals surface area contributed by atoms with Gasteiger partial charge in [0.25, 0.3) is 0 Å². The highest BCUT2D eigenvalue weighted by molar-refractivity contribution is 5.71. The molecular weight excluding hydrogens is 532 g/mol. The van der Waals surface area contributed by atoms with Gasteiger partial charge in [-0.05, 0) is 74.6 Å². The van der Waals surface area contributed by atoms with E-state index in [1.54, 1.807) is 9.80 Å². The zero-order chi connectivity index (χ0) is 29.1. The molecule has 2 aromatic carbocycles. The van der Waals surface area contributed by atoms with Crippen molar-refractivity contribution in [2.75, 3.05) is 26.2 Å². The molecule has 0 N–H and O–H groups in total. The van der Waals surface area contributed by atoms with Crippen LogP contribution in [0.2, 0.25) is 0 Å². The first-order chi connectivity index (χ1) is 20.2. The van der Waals surface area contributed by atoms with E-state index in [1.807, 2.05) is 55.8 Å². The van der Waals surface area contributed by atoms with Crippen LogP contribution in [0.3, 0.4) is 0 Å². The minimum atomic E-state index is -0.654. The van der Waals surface area contributed by atoms with Gasteiger partial charge in [0.05, 0.1) is 29.5 Å². The standard InChI is InChI=1S/C33H38N4O5/c1-32(2,3)42-31(39)36-14-13-26-28-27(36)20-35(30(38)41-21-22-7-5-4-6-8-22)15-16-40-29(28)34-37(26)25-11-9-24(10-12-25)33-17-23(18-33)19-33/h4-12,23,27H,13-21H2,1-3H3/t23?,27-,33?/m0/s1. The predicted octanol–water partition coefficient (Wildman–Crippen LogP) is 5.79. The predicted molar refractivity (Wildman–Crippen MR) is 156 cm³/mol. The van der Waals surface area contributed by atoms with Crippen LogP contribution >= 0.6 is 0 Å². The fourth-order valence-corrected chi connectivity index (χ4v) is 6.92. The summed E-state index contributed by atoms with van der Waals surface area (Å²) >= 11 is 0. The first-order valence-electron chi connectivity index (χ1n) is 15.0. The van der Waals surface area contributed by atoms with Crippen molar-refractivity contribution in [3.63, 3.8) is 0 Å². The largest absolute Gasteiger partial charge is 0.474 e. The molecule has 0 radical (unpaired) electrons. The summed E-state index contributed by atoms with van der Waals surface area (Å²) in [7, 11) is 0. The van der Waals surface area contributed by atoms with Crippen molar-refractivity contribution < 1.29 is 23.8 Å². The number of nitrogens with zero attached hydrogens (tertiary/aromatic N) is 4. The molecule has 3 aliphatic carbocycles. The molecule has 8 rings (SSSR count). The lowest BCUT2D eigenvalue weighted by Gasteiger charge is -2.62. The Morgan fingerprint density at radius 3 is 2.40 bits per heavy atom. The maximum Gasteiger partial charge on any atom is 0.410 e. The van der Waals surface area contributed by atoms with Crippen LogP contribution in [0.4, 0.5) is 9.59 Å². The monoisotopic (exact) mass is 570 g/mol. The molecule has 5 aliphatic rings. The second-order valence-corrected chi connectivity index (χ2v) is 13.2. The Labute approximate surface area is 246 Å². The van der Waals surface area contributed by atoms with E-state index in [0.717, 1.165) is 28.4 Å². The summed E-state index contributed by atoms with van der Waals surface area (Å²) < 4.78 is 19.6. The molecular formula is C33H38N4O5. The zero-order valence-corrected chi connectivity index (χ0v) is 24.5. The summed E-state index contributed by atoms with van der Waals surface area (Å²) in [4.78, 5) is 30.1. The second kappa shape index (κ2) is 10.1. The Kier molecular flexibility index (Phi) is 6.44. The second-order valence-electron chi connectivity index (χ2n) is 13.2. The summed E-state index contributed by atoms with van der Waals surface area (Å²) in [5.41, 5.74) is 4.87. The lowest BCUT2D eigenvalue weighted by molar-refractivity contribution is -0.0273. The topological polar surface area (TPSA) is 86.1 Å². The van der Waals surface area contributed by atoms with Gasteiger partial charge in [-0.1, -0.05) is 42.5 Å². The van der Waals surface area contributed by atoms with E-state index in [9.17, 15) is 9.59 Å². The Hall–Kier alpha value is -4.01. The molecule has 42 heavy (non-hydrogen) atoms. The van der Waals surface area contributed by atoms with Crippen LogP contribution < -0.4 is 4.74 Å². The smallest absolute Gasteiger partial charge is 0.410 e. The molecule has 0 spiro atoms. The maximum atomic E-state index is 13.5. The van der Waals surface area contributed by atoms with Crippen molar-refractivity contribution >= 4 is 12.2 Å². The highest BCUT2D eigenvalue weighted by atomic mass is 16.6. The summed E-state index contributed by atoms with van der Waals surface area (Å²) in [6.07, 6.45) is 3.67. The van der Waals surface area contributed by atoms with Crippen molar-refractivity contribution in [3.05, 3.63) is 77.0 Å². The molecule has 1 aromatic heterocycles. The minimum Gasteiger partial charge on any atom is -0.474 e. The van der Waals surface area contributed by atoms with E-state index >= 15 is 0 Å². The van der Waals surface area contributed by atoms with Crippen LogP contribution in [-0.2, 0) is 27.9 Å². The van der Waals surface area contributed by atoms with Gasteiger partial charge >= 0.3 is 12.2 Å². The van der Waals surface area contributed by atoms with Crippen molar-refractivity contribution in [2.45, 2.75) is 70.1 Å². The number of aromatic nitrogens is 2. The van der Waals surface area contributed by atoms with Gasteiger partial charge in [0.1, 0.15) is 18.8 Å². The highest BCUT2D eigenvalue weighted by Crippen LogP contribution is 2.65. The maximum absolute atomic E-state index is 13.5. The molecule has 0 saturated heterocycles. The fraction of sp³-hybridized carbons (Fsp3) is 0.485. The minimum absolute atomic E-state index is 0.170. The average molecular weight is 571 g/mol. The van der Waals surface area contributed by atoms with E-state index in [2.05, 4.69) is 24.3 Å². The van der Waals surface area contributed by atoms with Crippen LogP contribution in [0.25, 0.3) is 5.69 Å². The number of carbonyl (C=O) groups excluding carboxylic acids is 2. The number of benzene rings is 2. The molecule has 2 aliphatic heterocycles. The van der Waals surface area contributed by atoms with Gasteiger partial charge in [-0.2, -0.15) is 0 Å². The van der Waals surface area contributed by atoms with E-state index in [0.29, 0.717) is 30.8 Å². The molecule has 3 saturated carbocycles. The van der Waals surface area contributed by atoms with Crippen molar-refractivity contribution in [2.24, 2.45) is 5.92 Å². The van der Waals surface area contributed by atoms with Crippen molar-refractivity contribution in [1.82, 2.24) is 19.6 Å². The van der Waals surface area contributed by atoms with Gasteiger partial charge in [0, 0.05) is 19.5 Å². The van der Waals surface area contributed by atoms with Crippen LogP contribution in [-0.4, -0.2) is 63.6 Å². The summed E-state index contributed by atoms with van der Waals surface area (Å²) in [6, 6.07) is 17.9. The van der Waals surface area contributed by atoms with E-state index in [4.69, 9.17) is 19.3 Å². The van der Waals surface area contributed by atoms with Crippen molar-refractivity contribution in [1.29, 1.82) is 0 Å². The molecule has 9 heteroatoms. The first kappa shape index (κ1) is 26.9. The Bertz CT molecular complexity index is 1480. The van der Waals surface area contributed by atoms with Gasteiger partial charge < -0.3 is 19.1 Å². The third kappa shape index (κ3) is 4.78. The number of hydrogen-bond acceptors (Lipinski definition) is 6. The Morgan fingerprint density at radius 2 is 1.74 bits per heavy atom. The van der Waals surface area contributed by atoms with Gasteiger partial charge in [-0.25, -0.2) is 14.3 Å². The molecule has 2 amide bonds. The van der Waals surface area contributed by atoms with Crippen LogP contribution in [0, 0.1) is 5.92 Å². The molecule has 3 fully saturated rings. The van der Waals surface area contributed by atoms with Gasteiger partial charge in [-0.3, -0.25) is 4.90 Å². The molecule has 3 aromatic rings. The zero-order valence-electron chi connectivity index (χ0n) is 24.5. The van der Waals surface area contributed by atoms with E-state index in [1.165, 1.54) is 24.8 Å². The van der Waals surface area contributed by atoms with Gasteiger partial charge in [-0.15, -0.1) is 5.10 Å². The quantitative estimate of drug-likeness (QED) is 0.395. The average Bonchev–Trinajstić information content (AvgIpc) is 3.26. The van der Waals surface area contributed by atoms with Crippen LogP contribution in [0.5, 0.6) is 5.88 Å². The SMILES string of the molecule is CC(C)(C)OC(=O)N1CCc2c3c(nn2-c2ccc(C45CC(C4)C5)cc2)OCCN(C(=O)OCc2ccccc2)C[C@@H]31. The number of amides is 2. The number of rotatable bonds is 4. The van der Waals surface area contributed by atoms with Crippen LogP contribution in [0.1, 0.15) is 68.5 Å². The van der Waals surface area contributed by atoms with E-state index in [-0.39, 0.29) is 19.8 Å². The Balaban J connectivity index is 1.19. The van der Waals surface area contributed by atoms with Crippen molar-refractivity contribution in [3.8, 4) is 11.6 Å². The lowest BCUT2D eigenvalue weighted by Crippen LogP contribution is -2.55. The van der Waals surface area contributed by atoms with Gasteiger partial charge in [0.15, 0.2) is 0 Å². The summed E-state index contributed by atoms with van der Waals surface area (Å²) in [5.74, 6) is 1.43. The lowest BCUT2D eigenvalue weighted by atomic mass is 9.42. The first-order valence-corrected chi connectivity index (χ1v) is 15.0. The van der Waals surface area contributed by atoms with E-state index < -0.39 is 23.8 Å². The molecule has 1 atom stereocenters. The molecule has 220 valence electrons. The molecule has 9 nitrogen and oxygen atoms in total. The summed E-state index contributed by atoms with van der Waals surface area (Å²) in [5, 5.41) is 4.91. The van der Waals surface area contributed by atoms with Gasteiger partial charge in [0.2, 0.25) is 5.88 Å².